The summed E-state index contributed by atoms with van der Waals surface area (Å²) in [5.74, 6) is 5.83. The second-order valence-electron chi connectivity index (χ2n) is 5.11. The fraction of sp³-hybridized carbons (Fsp3) is 0.158. The van der Waals surface area contributed by atoms with Crippen molar-refractivity contribution in [2.24, 2.45) is 0 Å². The van der Waals surface area contributed by atoms with Gasteiger partial charge < -0.3 is 10.6 Å². The maximum absolute atomic E-state index is 11.7. The smallest absolute Gasteiger partial charge is 0.319 e. The standard InChI is InChI=1S/C19H18N2O2/c1-14-5-11-18(12-6-14)21-19(23)20-13-3-4-16-7-9-17(10-8-16)15(2)22/h5-12H,13H2,1-2H3,(H2,20,21,23). The molecule has 2 rings (SSSR count). The summed E-state index contributed by atoms with van der Waals surface area (Å²) in [4.78, 5) is 22.9. The number of anilines is 1. The lowest BCUT2D eigenvalue weighted by Crippen LogP contribution is -2.28. The van der Waals surface area contributed by atoms with Crippen LogP contribution in [0, 0.1) is 18.8 Å². The molecule has 2 aromatic rings. The van der Waals surface area contributed by atoms with E-state index < -0.39 is 0 Å². The molecule has 2 amide bonds. The van der Waals surface area contributed by atoms with E-state index >= 15 is 0 Å². The summed E-state index contributed by atoms with van der Waals surface area (Å²) in [5, 5.41) is 5.40. The summed E-state index contributed by atoms with van der Waals surface area (Å²) in [6, 6.07) is 14.3. The number of carbonyl (C=O) groups excluding carboxylic acids is 2. The van der Waals surface area contributed by atoms with Gasteiger partial charge in [-0.15, -0.1) is 0 Å². The molecule has 0 aliphatic carbocycles. The van der Waals surface area contributed by atoms with E-state index in [1.165, 1.54) is 6.92 Å². The zero-order valence-electron chi connectivity index (χ0n) is 13.1. The third-order valence-corrected chi connectivity index (χ3v) is 3.17. The summed E-state index contributed by atoms with van der Waals surface area (Å²) in [6.07, 6.45) is 0. The SMILES string of the molecule is CC(=O)c1ccc(C#CCNC(=O)Nc2ccc(C)cc2)cc1. The van der Waals surface area contributed by atoms with E-state index in [0.717, 1.165) is 16.8 Å². The van der Waals surface area contributed by atoms with Gasteiger partial charge in [0.1, 0.15) is 0 Å². The summed E-state index contributed by atoms with van der Waals surface area (Å²) in [6.45, 7) is 3.76. The van der Waals surface area contributed by atoms with Crippen molar-refractivity contribution >= 4 is 17.5 Å². The van der Waals surface area contributed by atoms with Gasteiger partial charge >= 0.3 is 6.03 Å². The lowest BCUT2D eigenvalue weighted by Gasteiger charge is -2.05. The molecule has 0 spiro atoms. The minimum Gasteiger partial charge on any atom is -0.327 e. The molecule has 23 heavy (non-hydrogen) atoms. The zero-order chi connectivity index (χ0) is 16.7. The maximum atomic E-state index is 11.7. The Morgan fingerprint density at radius 2 is 1.65 bits per heavy atom. The number of amides is 2. The van der Waals surface area contributed by atoms with Gasteiger partial charge in [-0.05, 0) is 38.1 Å². The van der Waals surface area contributed by atoms with E-state index in [-0.39, 0.29) is 18.4 Å². The van der Waals surface area contributed by atoms with Gasteiger partial charge in [0.25, 0.3) is 0 Å². The second-order valence-corrected chi connectivity index (χ2v) is 5.11. The van der Waals surface area contributed by atoms with Crippen molar-refractivity contribution in [1.29, 1.82) is 0 Å². The van der Waals surface area contributed by atoms with Crippen LogP contribution in [0.2, 0.25) is 0 Å². The third-order valence-electron chi connectivity index (χ3n) is 3.17. The van der Waals surface area contributed by atoms with Crippen molar-refractivity contribution in [1.82, 2.24) is 5.32 Å². The lowest BCUT2D eigenvalue weighted by atomic mass is 10.1. The van der Waals surface area contributed by atoms with Gasteiger partial charge in [-0.25, -0.2) is 4.79 Å². The van der Waals surface area contributed by atoms with Gasteiger partial charge in [0.2, 0.25) is 0 Å². The van der Waals surface area contributed by atoms with Gasteiger partial charge in [-0.2, -0.15) is 0 Å². The number of urea groups is 1. The van der Waals surface area contributed by atoms with Crippen LogP contribution in [0.4, 0.5) is 10.5 Å². The van der Waals surface area contributed by atoms with Crippen LogP contribution in [-0.2, 0) is 0 Å². The predicted molar refractivity (Wildman–Crippen MR) is 91.5 cm³/mol. The van der Waals surface area contributed by atoms with Crippen LogP contribution in [-0.4, -0.2) is 18.4 Å². The molecule has 2 aromatic carbocycles. The van der Waals surface area contributed by atoms with E-state index in [9.17, 15) is 9.59 Å². The summed E-state index contributed by atoms with van der Waals surface area (Å²) in [5.41, 5.74) is 3.33. The molecule has 4 heteroatoms. The lowest BCUT2D eigenvalue weighted by molar-refractivity contribution is 0.101. The minimum atomic E-state index is -0.296. The quantitative estimate of drug-likeness (QED) is 0.674. The molecule has 0 bridgehead atoms. The Balaban J connectivity index is 1.81. The van der Waals surface area contributed by atoms with E-state index in [1.54, 1.807) is 24.3 Å². The monoisotopic (exact) mass is 306 g/mol. The van der Waals surface area contributed by atoms with Crippen LogP contribution >= 0.6 is 0 Å². The fourth-order valence-corrected chi connectivity index (χ4v) is 1.87. The number of benzene rings is 2. The highest BCUT2D eigenvalue weighted by Gasteiger charge is 1.99. The van der Waals surface area contributed by atoms with Crippen molar-refractivity contribution in [3.63, 3.8) is 0 Å². The average Bonchev–Trinajstić information content (AvgIpc) is 2.54. The maximum Gasteiger partial charge on any atom is 0.319 e. The first-order valence-corrected chi connectivity index (χ1v) is 7.26. The van der Waals surface area contributed by atoms with Gasteiger partial charge in [0.05, 0.1) is 6.54 Å². The summed E-state index contributed by atoms with van der Waals surface area (Å²) >= 11 is 0. The largest absolute Gasteiger partial charge is 0.327 e. The average molecular weight is 306 g/mol. The van der Waals surface area contributed by atoms with E-state index in [2.05, 4.69) is 22.5 Å². The fourth-order valence-electron chi connectivity index (χ4n) is 1.87. The molecule has 0 saturated heterocycles. The van der Waals surface area contributed by atoms with Gasteiger partial charge in [-0.1, -0.05) is 41.7 Å². The molecule has 0 saturated carbocycles. The number of ketones is 1. The zero-order valence-corrected chi connectivity index (χ0v) is 13.1. The topological polar surface area (TPSA) is 58.2 Å². The highest BCUT2D eigenvalue weighted by molar-refractivity contribution is 5.94. The Kier molecular flexibility index (Phi) is 5.54. The van der Waals surface area contributed by atoms with E-state index in [0.29, 0.717) is 5.56 Å². The Morgan fingerprint density at radius 1 is 1.00 bits per heavy atom. The Labute approximate surface area is 135 Å². The van der Waals surface area contributed by atoms with E-state index in [1.807, 2.05) is 31.2 Å². The van der Waals surface area contributed by atoms with Crippen LogP contribution in [0.1, 0.15) is 28.4 Å². The highest BCUT2D eigenvalue weighted by atomic mass is 16.2. The molecule has 0 aromatic heterocycles. The van der Waals surface area contributed by atoms with Gasteiger partial charge in [-0.3, -0.25) is 4.79 Å². The first-order chi connectivity index (χ1) is 11.0. The Morgan fingerprint density at radius 3 is 2.26 bits per heavy atom. The first kappa shape index (κ1) is 16.3. The number of aryl methyl sites for hydroxylation is 1. The van der Waals surface area contributed by atoms with Gasteiger partial charge in [0.15, 0.2) is 5.78 Å². The molecule has 0 aliphatic rings. The van der Waals surface area contributed by atoms with Crippen molar-refractivity contribution in [2.45, 2.75) is 13.8 Å². The van der Waals surface area contributed by atoms with Crippen LogP contribution < -0.4 is 10.6 Å². The number of nitrogens with one attached hydrogen (secondary N) is 2. The third kappa shape index (κ3) is 5.33. The number of Topliss-reactive ketones (excluding diaryl/α,β-unsaturated/α-hetero) is 1. The predicted octanol–water partition coefficient (Wildman–Crippen LogP) is 3.37. The number of rotatable bonds is 3. The van der Waals surface area contributed by atoms with Gasteiger partial charge in [0, 0.05) is 16.8 Å². The Bertz CT molecular complexity index is 751. The van der Waals surface area contributed by atoms with Crippen molar-refractivity contribution in [3.8, 4) is 11.8 Å². The normalized spacial score (nSPS) is 9.48. The van der Waals surface area contributed by atoms with Crippen LogP contribution in [0.5, 0.6) is 0 Å². The molecule has 0 atom stereocenters. The molecule has 0 fully saturated rings. The molecule has 2 N–H and O–H groups in total. The van der Waals surface area contributed by atoms with Crippen LogP contribution in [0.25, 0.3) is 0 Å². The van der Waals surface area contributed by atoms with E-state index in [4.69, 9.17) is 0 Å². The molecule has 0 heterocycles. The number of hydrogen-bond donors (Lipinski definition) is 2. The molecular weight excluding hydrogens is 288 g/mol. The highest BCUT2D eigenvalue weighted by Crippen LogP contribution is 2.08. The molecular formula is C19H18N2O2. The Hall–Kier alpha value is -3.06. The van der Waals surface area contributed by atoms with Crippen LogP contribution in [0.3, 0.4) is 0 Å². The minimum absolute atomic E-state index is 0.0268. The van der Waals surface area contributed by atoms with Crippen LogP contribution in [0.15, 0.2) is 48.5 Å². The van der Waals surface area contributed by atoms with Crippen molar-refractivity contribution < 1.29 is 9.59 Å². The molecule has 0 radical (unpaired) electrons. The first-order valence-electron chi connectivity index (χ1n) is 7.26. The number of hydrogen-bond acceptors (Lipinski definition) is 2. The molecule has 0 unspecified atom stereocenters. The van der Waals surface area contributed by atoms with Crippen molar-refractivity contribution in [2.75, 3.05) is 11.9 Å². The number of carbonyl (C=O) groups is 2. The van der Waals surface area contributed by atoms with Crippen molar-refractivity contribution in [3.05, 3.63) is 65.2 Å². The summed E-state index contributed by atoms with van der Waals surface area (Å²) in [7, 11) is 0. The second kappa shape index (κ2) is 7.81. The molecule has 116 valence electrons. The summed E-state index contributed by atoms with van der Waals surface area (Å²) < 4.78 is 0. The molecule has 4 nitrogen and oxygen atoms in total. The molecule has 0 aliphatic heterocycles.